The highest BCUT2D eigenvalue weighted by Gasteiger charge is 2.35. The molecular weight excluding hydrogens is 250 g/mol. The third-order valence-electron chi connectivity index (χ3n) is 4.36. The lowest BCUT2D eigenvalue weighted by Crippen LogP contribution is -2.23. The van der Waals surface area contributed by atoms with Gasteiger partial charge in [-0.3, -0.25) is 0 Å². The van der Waals surface area contributed by atoms with E-state index in [1.165, 1.54) is 12.8 Å². The highest BCUT2D eigenvalue weighted by atomic mass is 15.6. The molecule has 5 nitrogen and oxygen atoms in total. The van der Waals surface area contributed by atoms with Crippen molar-refractivity contribution in [3.05, 3.63) is 42.5 Å². The summed E-state index contributed by atoms with van der Waals surface area (Å²) in [7, 11) is 0. The quantitative estimate of drug-likeness (QED) is 0.781. The Morgan fingerprint density at radius 1 is 0.950 bits per heavy atom. The number of allylic oxidation sites excluding steroid dienone is 2. The first kappa shape index (κ1) is 11.6. The molecule has 1 saturated heterocycles. The second-order valence-corrected chi connectivity index (χ2v) is 5.59. The van der Waals surface area contributed by atoms with E-state index >= 15 is 0 Å². The van der Waals surface area contributed by atoms with Gasteiger partial charge in [0, 0.05) is 13.1 Å². The van der Waals surface area contributed by atoms with Crippen molar-refractivity contribution in [2.45, 2.75) is 12.8 Å². The molecule has 4 rings (SSSR count). The number of nitrogens with zero attached hydrogens (tertiary/aromatic N) is 5. The van der Waals surface area contributed by atoms with Crippen molar-refractivity contribution in [2.24, 2.45) is 11.8 Å². The van der Waals surface area contributed by atoms with E-state index in [1.54, 1.807) is 0 Å². The summed E-state index contributed by atoms with van der Waals surface area (Å²) in [4.78, 5) is 2.33. The van der Waals surface area contributed by atoms with Crippen LogP contribution in [0.15, 0.2) is 42.5 Å². The average Bonchev–Trinajstić information content (AvgIpc) is 3.14. The van der Waals surface area contributed by atoms with Crippen molar-refractivity contribution >= 4 is 5.95 Å². The molecule has 1 fully saturated rings. The fraction of sp³-hybridized carbons (Fsp3) is 0.400. The molecule has 2 aliphatic rings. The highest BCUT2D eigenvalue weighted by molar-refractivity contribution is 5.41. The summed E-state index contributed by atoms with van der Waals surface area (Å²) >= 11 is 0. The van der Waals surface area contributed by atoms with Crippen LogP contribution in [0, 0.1) is 11.8 Å². The van der Waals surface area contributed by atoms with Crippen LogP contribution in [0.3, 0.4) is 0 Å². The van der Waals surface area contributed by atoms with Gasteiger partial charge in [0.15, 0.2) is 0 Å². The Balaban J connectivity index is 1.63. The predicted molar refractivity (Wildman–Crippen MR) is 76.7 cm³/mol. The van der Waals surface area contributed by atoms with Gasteiger partial charge in [-0.25, -0.2) is 0 Å². The molecule has 20 heavy (non-hydrogen) atoms. The lowest BCUT2D eigenvalue weighted by atomic mass is 9.86. The van der Waals surface area contributed by atoms with Crippen LogP contribution in [0.25, 0.3) is 5.69 Å². The Labute approximate surface area is 117 Å². The van der Waals surface area contributed by atoms with E-state index in [9.17, 15) is 0 Å². The van der Waals surface area contributed by atoms with Crippen LogP contribution in [-0.2, 0) is 0 Å². The molecule has 0 saturated carbocycles. The number of aromatic nitrogens is 4. The normalized spacial score (nSPS) is 24.9. The van der Waals surface area contributed by atoms with Crippen LogP contribution in [-0.4, -0.2) is 33.3 Å². The molecule has 5 heteroatoms. The van der Waals surface area contributed by atoms with Crippen molar-refractivity contribution in [3.63, 3.8) is 0 Å². The summed E-state index contributed by atoms with van der Waals surface area (Å²) in [6.07, 6.45) is 7.00. The Hall–Kier alpha value is -2.17. The zero-order valence-corrected chi connectivity index (χ0v) is 11.3. The Morgan fingerprint density at radius 2 is 1.65 bits per heavy atom. The molecule has 0 radical (unpaired) electrons. The number of tetrazole rings is 1. The van der Waals surface area contributed by atoms with Crippen LogP contribution in [0.2, 0.25) is 0 Å². The Morgan fingerprint density at radius 3 is 2.35 bits per heavy atom. The minimum Gasteiger partial charge on any atom is -0.339 e. The van der Waals surface area contributed by atoms with Gasteiger partial charge in [-0.15, -0.1) is 0 Å². The molecule has 0 spiro atoms. The zero-order chi connectivity index (χ0) is 13.4. The standard InChI is InChI=1S/C15H17N5/c1-2-8-14(9-3-1)20-15(16-17-18-20)19-10-12-6-4-5-7-13(12)11-19/h1-5,8-9,12-13H,6-7,10-11H2. The maximum absolute atomic E-state index is 4.24. The van der Waals surface area contributed by atoms with Crippen molar-refractivity contribution < 1.29 is 0 Å². The number of para-hydroxylation sites is 1. The van der Waals surface area contributed by atoms with Crippen molar-refractivity contribution in [1.82, 2.24) is 20.2 Å². The summed E-state index contributed by atoms with van der Waals surface area (Å²) in [5.74, 6) is 2.37. The fourth-order valence-corrected chi connectivity index (χ4v) is 3.29. The van der Waals surface area contributed by atoms with Gasteiger partial charge >= 0.3 is 0 Å². The van der Waals surface area contributed by atoms with Crippen molar-refractivity contribution in [2.75, 3.05) is 18.0 Å². The molecule has 102 valence electrons. The summed E-state index contributed by atoms with van der Waals surface area (Å²) in [6.45, 7) is 2.12. The molecule has 0 N–H and O–H groups in total. The third-order valence-corrected chi connectivity index (χ3v) is 4.36. The Bertz CT molecular complexity index is 602. The summed E-state index contributed by atoms with van der Waals surface area (Å²) in [5.41, 5.74) is 1.01. The predicted octanol–water partition coefficient (Wildman–Crippen LogP) is 2.06. The molecule has 2 aromatic rings. The van der Waals surface area contributed by atoms with Gasteiger partial charge in [0.05, 0.1) is 5.69 Å². The molecule has 2 unspecified atom stereocenters. The number of rotatable bonds is 2. The molecule has 1 aromatic heterocycles. The topological polar surface area (TPSA) is 46.8 Å². The minimum atomic E-state index is 0.751. The van der Waals surface area contributed by atoms with E-state index in [0.717, 1.165) is 36.6 Å². The van der Waals surface area contributed by atoms with Crippen LogP contribution in [0.1, 0.15) is 12.8 Å². The number of benzene rings is 1. The fourth-order valence-electron chi connectivity index (χ4n) is 3.29. The summed E-state index contributed by atoms with van der Waals surface area (Å²) in [6, 6.07) is 10.1. The molecule has 1 aliphatic heterocycles. The largest absolute Gasteiger partial charge is 0.339 e. The maximum atomic E-state index is 4.24. The first-order valence-corrected chi connectivity index (χ1v) is 7.15. The maximum Gasteiger partial charge on any atom is 0.250 e. The lowest BCUT2D eigenvalue weighted by molar-refractivity contribution is 0.411. The van der Waals surface area contributed by atoms with Gasteiger partial charge in [0.25, 0.3) is 0 Å². The van der Waals surface area contributed by atoms with E-state index in [2.05, 4.69) is 32.6 Å². The number of hydrogen-bond acceptors (Lipinski definition) is 4. The van der Waals surface area contributed by atoms with Gasteiger partial charge in [0.2, 0.25) is 5.95 Å². The van der Waals surface area contributed by atoms with Gasteiger partial charge in [-0.2, -0.15) is 4.68 Å². The first-order chi connectivity index (χ1) is 9.92. The van der Waals surface area contributed by atoms with Crippen molar-refractivity contribution in [1.29, 1.82) is 0 Å². The first-order valence-electron chi connectivity index (χ1n) is 7.15. The highest BCUT2D eigenvalue weighted by Crippen LogP contribution is 2.34. The van der Waals surface area contributed by atoms with Crippen molar-refractivity contribution in [3.8, 4) is 5.69 Å². The number of fused-ring (bicyclic) bond motifs is 1. The summed E-state index contributed by atoms with van der Waals surface area (Å²) in [5, 5.41) is 12.3. The van der Waals surface area contributed by atoms with Crippen LogP contribution < -0.4 is 4.90 Å². The molecule has 1 aromatic carbocycles. The molecule has 0 bridgehead atoms. The van der Waals surface area contributed by atoms with E-state index < -0.39 is 0 Å². The van der Waals surface area contributed by atoms with E-state index in [0.29, 0.717) is 0 Å². The van der Waals surface area contributed by atoms with Gasteiger partial charge in [-0.05, 0) is 47.2 Å². The average molecular weight is 267 g/mol. The number of hydrogen-bond donors (Lipinski definition) is 0. The van der Waals surface area contributed by atoms with E-state index in [-0.39, 0.29) is 0 Å². The van der Waals surface area contributed by atoms with Gasteiger partial charge in [-0.1, -0.05) is 35.4 Å². The molecule has 2 atom stereocenters. The van der Waals surface area contributed by atoms with Crippen LogP contribution in [0.4, 0.5) is 5.95 Å². The monoisotopic (exact) mass is 267 g/mol. The molecule has 1 aliphatic carbocycles. The number of anilines is 1. The summed E-state index contributed by atoms with van der Waals surface area (Å²) < 4.78 is 1.84. The second-order valence-electron chi connectivity index (χ2n) is 5.59. The second kappa shape index (κ2) is 4.74. The zero-order valence-electron chi connectivity index (χ0n) is 11.3. The smallest absolute Gasteiger partial charge is 0.250 e. The van der Waals surface area contributed by atoms with Gasteiger partial charge < -0.3 is 4.90 Å². The van der Waals surface area contributed by atoms with E-state index in [1.807, 2.05) is 35.0 Å². The SMILES string of the molecule is C1=CCC2CN(c3nnnn3-c3ccccc3)CC2C1. The third kappa shape index (κ3) is 1.90. The van der Waals surface area contributed by atoms with Crippen LogP contribution >= 0.6 is 0 Å². The Kier molecular flexibility index (Phi) is 2.76. The molecule has 2 heterocycles. The molecule has 0 amide bonds. The molecular formula is C15H17N5. The van der Waals surface area contributed by atoms with Crippen LogP contribution in [0.5, 0.6) is 0 Å². The van der Waals surface area contributed by atoms with Gasteiger partial charge in [0.1, 0.15) is 0 Å². The van der Waals surface area contributed by atoms with E-state index in [4.69, 9.17) is 0 Å². The minimum absolute atomic E-state index is 0.751. The lowest BCUT2D eigenvalue weighted by Gasteiger charge is -2.17.